The lowest BCUT2D eigenvalue weighted by atomic mass is 10.1. The molecule has 2 heterocycles. The van der Waals surface area contributed by atoms with Crippen LogP contribution in [0.15, 0.2) is 36.7 Å². The van der Waals surface area contributed by atoms with Crippen LogP contribution in [0, 0.1) is 17.2 Å². The average Bonchev–Trinajstić information content (AvgIpc) is 3.66. The molecule has 16 heteroatoms. The van der Waals surface area contributed by atoms with Crippen molar-refractivity contribution in [3.8, 4) is 23.1 Å². The highest BCUT2D eigenvalue weighted by Gasteiger charge is 2.30. The first-order valence-electron chi connectivity index (χ1n) is 12.4. The van der Waals surface area contributed by atoms with Crippen LogP contribution in [0.5, 0.6) is 5.75 Å². The van der Waals surface area contributed by atoms with Gasteiger partial charge >= 0.3 is 6.10 Å². The van der Waals surface area contributed by atoms with Gasteiger partial charge in [-0.25, -0.2) is 4.98 Å². The highest BCUT2D eigenvalue weighted by Crippen LogP contribution is 2.38. The second-order valence-corrected chi connectivity index (χ2v) is 8.99. The monoisotopic (exact) mass is 565 g/mol. The van der Waals surface area contributed by atoms with Crippen molar-refractivity contribution in [1.82, 2.24) is 30.6 Å². The van der Waals surface area contributed by atoms with Crippen LogP contribution in [-0.4, -0.2) is 72.8 Å². The van der Waals surface area contributed by atoms with Crippen LogP contribution in [0.2, 0.25) is 0 Å². The number of carbonyl (C=O) groups excluding carboxylic acids is 3. The van der Waals surface area contributed by atoms with E-state index in [4.69, 9.17) is 10.00 Å². The van der Waals surface area contributed by atoms with Crippen LogP contribution in [0.4, 0.5) is 17.2 Å². The highest BCUT2D eigenvalue weighted by atomic mass is 16.7. The zero-order valence-electron chi connectivity index (χ0n) is 21.8. The van der Waals surface area contributed by atoms with Crippen LogP contribution in [-0.2, 0) is 16.1 Å². The van der Waals surface area contributed by atoms with Crippen molar-refractivity contribution in [1.29, 1.82) is 5.26 Å². The third-order valence-corrected chi connectivity index (χ3v) is 5.80. The molecule has 214 valence electrons. The quantitative estimate of drug-likeness (QED) is 0.141. The van der Waals surface area contributed by atoms with Gasteiger partial charge in [0, 0.05) is 30.3 Å². The first-order chi connectivity index (χ1) is 19.6. The number of aliphatic hydroxyl groups is 3. The van der Waals surface area contributed by atoms with E-state index >= 15 is 0 Å². The molecule has 0 atom stereocenters. The number of rotatable bonds is 12. The molecule has 1 fully saturated rings. The normalized spacial score (nSPS) is 12.7. The predicted octanol–water partition coefficient (Wildman–Crippen LogP) is -0.211. The SMILES string of the molecule is COc1c(Nc2cc(NC(=O)C3CC3)ncc2C(=O)NC(O)(O)O)cccc1-c1cnn(CCNC(=O)CC#N)n1. The Morgan fingerprint density at radius 1 is 1.20 bits per heavy atom. The van der Waals surface area contributed by atoms with Gasteiger partial charge in [-0.3, -0.25) is 19.7 Å². The number of ether oxygens (including phenoxy) is 1. The van der Waals surface area contributed by atoms with Gasteiger partial charge in [0.25, 0.3) is 5.91 Å². The van der Waals surface area contributed by atoms with Crippen molar-refractivity contribution in [2.45, 2.75) is 31.9 Å². The van der Waals surface area contributed by atoms with Crippen LogP contribution in [0.1, 0.15) is 29.6 Å². The lowest BCUT2D eigenvalue weighted by Gasteiger charge is -2.19. The molecule has 0 unspecified atom stereocenters. The number of carbonyl (C=O) groups is 3. The number of nitrogens with zero attached hydrogens (tertiary/aromatic N) is 5. The zero-order chi connectivity index (χ0) is 29.6. The average molecular weight is 566 g/mol. The van der Waals surface area contributed by atoms with Crippen LogP contribution >= 0.6 is 0 Å². The number of aromatic nitrogens is 4. The number of hydrogen-bond donors (Lipinski definition) is 7. The van der Waals surface area contributed by atoms with Crippen molar-refractivity contribution in [3.05, 3.63) is 42.2 Å². The van der Waals surface area contributed by atoms with E-state index in [1.54, 1.807) is 29.6 Å². The first kappa shape index (κ1) is 28.9. The summed E-state index contributed by atoms with van der Waals surface area (Å²) in [4.78, 5) is 41.9. The Kier molecular flexibility index (Phi) is 8.72. The van der Waals surface area contributed by atoms with Crippen molar-refractivity contribution in [2.24, 2.45) is 5.92 Å². The molecule has 0 aliphatic heterocycles. The van der Waals surface area contributed by atoms with E-state index in [9.17, 15) is 29.7 Å². The van der Waals surface area contributed by atoms with E-state index in [-0.39, 0.29) is 48.4 Å². The smallest absolute Gasteiger partial charge is 0.369 e. The Labute approximate surface area is 233 Å². The summed E-state index contributed by atoms with van der Waals surface area (Å²) in [5.41, 5.74) is 1.24. The van der Waals surface area contributed by atoms with Crippen molar-refractivity contribution >= 4 is 34.9 Å². The predicted molar refractivity (Wildman–Crippen MR) is 141 cm³/mol. The molecule has 4 rings (SSSR count). The Morgan fingerprint density at radius 2 is 1.98 bits per heavy atom. The van der Waals surface area contributed by atoms with E-state index in [1.807, 2.05) is 0 Å². The van der Waals surface area contributed by atoms with Gasteiger partial charge in [-0.2, -0.15) is 20.3 Å². The van der Waals surface area contributed by atoms with Gasteiger partial charge in [-0.1, -0.05) is 6.07 Å². The molecule has 1 aliphatic rings. The molecular weight excluding hydrogens is 538 g/mol. The van der Waals surface area contributed by atoms with Gasteiger partial charge in [0.2, 0.25) is 11.8 Å². The number of benzene rings is 1. The lowest BCUT2D eigenvalue weighted by Crippen LogP contribution is -2.48. The van der Waals surface area contributed by atoms with Crippen molar-refractivity contribution in [2.75, 3.05) is 24.3 Å². The van der Waals surface area contributed by atoms with E-state index in [0.29, 0.717) is 22.7 Å². The molecule has 0 radical (unpaired) electrons. The molecule has 3 aromatic rings. The maximum absolute atomic E-state index is 12.7. The van der Waals surface area contributed by atoms with E-state index in [1.165, 1.54) is 24.2 Å². The third kappa shape index (κ3) is 7.73. The Balaban J connectivity index is 1.61. The summed E-state index contributed by atoms with van der Waals surface area (Å²) < 4.78 is 5.63. The zero-order valence-corrected chi connectivity index (χ0v) is 21.8. The molecule has 7 N–H and O–H groups in total. The second-order valence-electron chi connectivity index (χ2n) is 8.99. The maximum atomic E-state index is 12.7. The summed E-state index contributed by atoms with van der Waals surface area (Å²) in [6, 6.07) is 8.22. The fourth-order valence-corrected chi connectivity index (χ4v) is 3.76. The first-order valence-corrected chi connectivity index (χ1v) is 12.4. The highest BCUT2D eigenvalue weighted by molar-refractivity contribution is 6.02. The number of methoxy groups -OCH3 is 1. The lowest BCUT2D eigenvalue weighted by molar-refractivity contribution is -0.323. The summed E-state index contributed by atoms with van der Waals surface area (Å²) in [5, 5.41) is 54.8. The molecule has 3 amide bonds. The van der Waals surface area contributed by atoms with Gasteiger partial charge in [0.05, 0.1) is 42.9 Å². The van der Waals surface area contributed by atoms with Crippen LogP contribution in [0.3, 0.4) is 0 Å². The molecule has 0 saturated heterocycles. The molecule has 1 aliphatic carbocycles. The topological polar surface area (TPSA) is 237 Å². The number of pyridine rings is 1. The molecule has 0 spiro atoms. The van der Waals surface area contributed by atoms with Crippen LogP contribution in [0.25, 0.3) is 11.3 Å². The van der Waals surface area contributed by atoms with Gasteiger partial charge in [0.15, 0.2) is 5.75 Å². The molecule has 2 aromatic heterocycles. The number of nitrogens with one attached hydrogen (secondary N) is 4. The Morgan fingerprint density at radius 3 is 2.66 bits per heavy atom. The van der Waals surface area contributed by atoms with Gasteiger partial charge in [0.1, 0.15) is 17.9 Å². The Bertz CT molecular complexity index is 1490. The summed E-state index contributed by atoms with van der Waals surface area (Å²) >= 11 is 0. The summed E-state index contributed by atoms with van der Waals surface area (Å²) in [6.07, 6.45) is 0.420. The molecule has 1 aromatic carbocycles. The maximum Gasteiger partial charge on any atom is 0.369 e. The fourth-order valence-electron chi connectivity index (χ4n) is 3.76. The van der Waals surface area contributed by atoms with Gasteiger partial charge in [-0.05, 0) is 25.0 Å². The molecule has 16 nitrogen and oxygen atoms in total. The summed E-state index contributed by atoms with van der Waals surface area (Å²) in [7, 11) is 1.43. The number of amides is 3. The third-order valence-electron chi connectivity index (χ3n) is 5.80. The number of anilines is 3. The number of hydrogen-bond acceptors (Lipinski definition) is 12. The standard InChI is InChI=1S/C25H27N9O7/c1-41-22-15(19-13-29-34(33-19)10-9-27-21(35)7-8-26)3-2-4-17(22)30-18-11-20(31-23(36)14-5-6-14)28-12-16(18)24(37)32-25(38,39)40/h2-4,11-14,38-40H,5-7,9-10H2,1H3,(H,27,35)(H,32,37)(H2,28,30,31,36). The van der Waals surface area contributed by atoms with Gasteiger partial charge in [-0.15, -0.1) is 0 Å². The molecule has 1 saturated carbocycles. The van der Waals surface area contributed by atoms with E-state index < -0.39 is 17.9 Å². The minimum atomic E-state index is -3.48. The van der Waals surface area contributed by atoms with Crippen molar-refractivity contribution < 1.29 is 34.4 Å². The molecule has 0 bridgehead atoms. The fraction of sp³-hybridized carbons (Fsp3) is 0.320. The Hall–Kier alpha value is -5.11. The largest absolute Gasteiger partial charge is 0.494 e. The minimum Gasteiger partial charge on any atom is -0.494 e. The summed E-state index contributed by atoms with van der Waals surface area (Å²) in [6.45, 7) is 0.473. The molecule has 41 heavy (non-hydrogen) atoms. The van der Waals surface area contributed by atoms with E-state index in [0.717, 1.165) is 19.0 Å². The molecular formula is C25H27N9O7. The van der Waals surface area contributed by atoms with Crippen LogP contribution < -0.4 is 26.0 Å². The number of nitriles is 1. The second kappa shape index (κ2) is 12.4. The van der Waals surface area contributed by atoms with E-state index in [2.05, 4.69) is 31.1 Å². The summed E-state index contributed by atoms with van der Waals surface area (Å²) in [5.74, 6) is -1.34. The number of para-hydroxylation sites is 1. The van der Waals surface area contributed by atoms with Crippen molar-refractivity contribution in [3.63, 3.8) is 0 Å². The van der Waals surface area contributed by atoms with Gasteiger partial charge < -0.3 is 36.0 Å². The minimum absolute atomic E-state index is 0.0973.